The van der Waals surface area contributed by atoms with Crippen LogP contribution in [0.1, 0.15) is 17.5 Å². The smallest absolute Gasteiger partial charge is 0.124 e. The van der Waals surface area contributed by atoms with Crippen LogP contribution < -0.4 is 0 Å². The Morgan fingerprint density at radius 3 is 2.64 bits per heavy atom. The molecule has 1 aromatic rings. The van der Waals surface area contributed by atoms with E-state index in [1.54, 1.807) is 7.11 Å². The number of aromatic hydroxyl groups is 1. The Morgan fingerprint density at radius 2 is 2.00 bits per heavy atom. The standard InChI is InChI=1S/C11H16O3/c1-14-8-10-5-2-4-9(11(10)13)6-3-7-12/h2,4-5,12-13H,3,6-8H2,1H3. The molecule has 0 spiro atoms. The van der Waals surface area contributed by atoms with E-state index in [-0.39, 0.29) is 6.61 Å². The first-order valence-corrected chi connectivity index (χ1v) is 4.69. The summed E-state index contributed by atoms with van der Waals surface area (Å²) in [4.78, 5) is 0. The summed E-state index contributed by atoms with van der Waals surface area (Å²) < 4.78 is 4.96. The van der Waals surface area contributed by atoms with Crippen molar-refractivity contribution in [2.24, 2.45) is 0 Å². The van der Waals surface area contributed by atoms with Gasteiger partial charge in [0.1, 0.15) is 5.75 Å². The maximum absolute atomic E-state index is 9.78. The molecule has 0 unspecified atom stereocenters. The van der Waals surface area contributed by atoms with Crippen molar-refractivity contribution in [1.29, 1.82) is 0 Å². The van der Waals surface area contributed by atoms with Crippen LogP contribution >= 0.6 is 0 Å². The van der Waals surface area contributed by atoms with Crippen molar-refractivity contribution >= 4 is 0 Å². The van der Waals surface area contributed by atoms with Gasteiger partial charge in [0, 0.05) is 19.3 Å². The Bertz CT molecular complexity index is 284. The molecule has 0 aliphatic heterocycles. The average molecular weight is 196 g/mol. The number of aliphatic hydroxyl groups excluding tert-OH is 1. The normalized spacial score (nSPS) is 10.4. The van der Waals surface area contributed by atoms with Crippen molar-refractivity contribution < 1.29 is 14.9 Å². The van der Waals surface area contributed by atoms with Gasteiger partial charge in [0.2, 0.25) is 0 Å². The van der Waals surface area contributed by atoms with E-state index in [1.807, 2.05) is 18.2 Å². The predicted octanol–water partition coefficient (Wildman–Crippen LogP) is 1.46. The zero-order valence-corrected chi connectivity index (χ0v) is 8.36. The molecule has 14 heavy (non-hydrogen) atoms. The summed E-state index contributed by atoms with van der Waals surface area (Å²) in [6.45, 7) is 0.562. The highest BCUT2D eigenvalue weighted by Crippen LogP contribution is 2.24. The van der Waals surface area contributed by atoms with Gasteiger partial charge in [-0.05, 0) is 18.4 Å². The molecular weight excluding hydrogens is 180 g/mol. The summed E-state index contributed by atoms with van der Waals surface area (Å²) in [5.41, 5.74) is 1.66. The SMILES string of the molecule is COCc1cccc(CCCO)c1O. The maximum atomic E-state index is 9.78. The quantitative estimate of drug-likeness (QED) is 0.749. The highest BCUT2D eigenvalue weighted by molar-refractivity contribution is 5.40. The Morgan fingerprint density at radius 1 is 1.29 bits per heavy atom. The summed E-state index contributed by atoms with van der Waals surface area (Å²) in [7, 11) is 1.60. The van der Waals surface area contributed by atoms with E-state index < -0.39 is 0 Å². The first kappa shape index (κ1) is 11.0. The number of hydrogen-bond donors (Lipinski definition) is 2. The molecule has 0 heterocycles. The lowest BCUT2D eigenvalue weighted by molar-refractivity contribution is 0.182. The molecule has 1 rings (SSSR count). The van der Waals surface area contributed by atoms with E-state index in [9.17, 15) is 5.11 Å². The fraction of sp³-hybridized carbons (Fsp3) is 0.455. The molecule has 3 heteroatoms. The van der Waals surface area contributed by atoms with Gasteiger partial charge in [0.05, 0.1) is 6.61 Å². The molecule has 0 saturated carbocycles. The molecule has 2 N–H and O–H groups in total. The van der Waals surface area contributed by atoms with E-state index in [0.29, 0.717) is 25.2 Å². The van der Waals surface area contributed by atoms with Crippen molar-refractivity contribution in [3.63, 3.8) is 0 Å². The molecule has 0 saturated heterocycles. The molecule has 3 nitrogen and oxygen atoms in total. The largest absolute Gasteiger partial charge is 0.507 e. The molecule has 1 aromatic carbocycles. The first-order chi connectivity index (χ1) is 6.79. The van der Waals surface area contributed by atoms with E-state index in [1.165, 1.54) is 0 Å². The molecule has 0 atom stereocenters. The summed E-state index contributed by atoms with van der Waals surface area (Å²) in [5.74, 6) is 0.294. The predicted molar refractivity (Wildman–Crippen MR) is 54.2 cm³/mol. The van der Waals surface area contributed by atoms with Gasteiger partial charge in [0.15, 0.2) is 0 Å². The van der Waals surface area contributed by atoms with Gasteiger partial charge < -0.3 is 14.9 Å². The Balaban J connectivity index is 2.78. The van der Waals surface area contributed by atoms with Crippen LogP contribution in [0.3, 0.4) is 0 Å². The molecule has 0 fully saturated rings. The zero-order valence-electron chi connectivity index (χ0n) is 8.36. The molecule has 0 aliphatic carbocycles. The van der Waals surface area contributed by atoms with Crippen molar-refractivity contribution in [3.8, 4) is 5.75 Å². The summed E-state index contributed by atoms with van der Waals surface area (Å²) in [5, 5.41) is 18.5. The van der Waals surface area contributed by atoms with Gasteiger partial charge >= 0.3 is 0 Å². The van der Waals surface area contributed by atoms with Crippen LogP contribution in [-0.2, 0) is 17.8 Å². The summed E-state index contributed by atoms with van der Waals surface area (Å²) >= 11 is 0. The van der Waals surface area contributed by atoms with Crippen LogP contribution in [0.25, 0.3) is 0 Å². The molecular formula is C11H16O3. The van der Waals surface area contributed by atoms with Crippen LogP contribution in [0.15, 0.2) is 18.2 Å². The third-order valence-corrected chi connectivity index (χ3v) is 2.11. The summed E-state index contributed by atoms with van der Waals surface area (Å²) in [6, 6.07) is 5.59. The molecule has 0 aromatic heterocycles. The van der Waals surface area contributed by atoms with Crippen molar-refractivity contribution in [3.05, 3.63) is 29.3 Å². The van der Waals surface area contributed by atoms with Gasteiger partial charge in [-0.3, -0.25) is 0 Å². The average Bonchev–Trinajstić information content (AvgIpc) is 2.20. The van der Waals surface area contributed by atoms with Crippen LogP contribution in [0.5, 0.6) is 5.75 Å². The molecule has 0 aliphatic rings. The summed E-state index contributed by atoms with van der Waals surface area (Å²) in [6.07, 6.45) is 1.36. The lowest BCUT2D eigenvalue weighted by atomic mass is 10.1. The van der Waals surface area contributed by atoms with Crippen LogP contribution in [0.2, 0.25) is 0 Å². The van der Waals surface area contributed by atoms with E-state index in [4.69, 9.17) is 9.84 Å². The Hall–Kier alpha value is -1.06. The highest BCUT2D eigenvalue weighted by Gasteiger charge is 2.05. The van der Waals surface area contributed by atoms with Gasteiger partial charge in [-0.15, -0.1) is 0 Å². The Kier molecular flexibility index (Phi) is 4.43. The highest BCUT2D eigenvalue weighted by atomic mass is 16.5. The number of hydrogen-bond acceptors (Lipinski definition) is 3. The first-order valence-electron chi connectivity index (χ1n) is 4.69. The van der Waals surface area contributed by atoms with E-state index in [2.05, 4.69) is 0 Å². The topological polar surface area (TPSA) is 49.7 Å². The van der Waals surface area contributed by atoms with E-state index in [0.717, 1.165) is 11.1 Å². The third kappa shape index (κ3) is 2.72. The fourth-order valence-corrected chi connectivity index (χ4v) is 1.39. The number of methoxy groups -OCH3 is 1. The van der Waals surface area contributed by atoms with E-state index >= 15 is 0 Å². The molecule has 78 valence electrons. The van der Waals surface area contributed by atoms with Crippen molar-refractivity contribution in [2.45, 2.75) is 19.4 Å². The number of aryl methyl sites for hydroxylation is 1. The lowest BCUT2D eigenvalue weighted by Crippen LogP contribution is -1.94. The van der Waals surface area contributed by atoms with Crippen LogP contribution in [0, 0.1) is 0 Å². The molecule has 0 amide bonds. The van der Waals surface area contributed by atoms with Crippen molar-refractivity contribution in [1.82, 2.24) is 0 Å². The number of rotatable bonds is 5. The van der Waals surface area contributed by atoms with Crippen molar-refractivity contribution in [2.75, 3.05) is 13.7 Å². The monoisotopic (exact) mass is 196 g/mol. The van der Waals surface area contributed by atoms with Gasteiger partial charge in [-0.1, -0.05) is 18.2 Å². The maximum Gasteiger partial charge on any atom is 0.124 e. The molecule has 0 bridgehead atoms. The number of para-hydroxylation sites is 1. The minimum absolute atomic E-state index is 0.147. The number of aliphatic hydroxyl groups is 1. The lowest BCUT2D eigenvalue weighted by Gasteiger charge is -2.08. The van der Waals surface area contributed by atoms with Gasteiger partial charge in [-0.25, -0.2) is 0 Å². The number of phenols is 1. The van der Waals surface area contributed by atoms with Gasteiger partial charge in [-0.2, -0.15) is 0 Å². The minimum atomic E-state index is 0.147. The second-order valence-electron chi connectivity index (χ2n) is 3.19. The second-order valence-corrected chi connectivity index (χ2v) is 3.19. The molecule has 0 radical (unpaired) electrons. The second kappa shape index (κ2) is 5.62. The zero-order chi connectivity index (χ0) is 10.4. The number of ether oxygens (including phenoxy) is 1. The van der Waals surface area contributed by atoms with Crippen LogP contribution in [-0.4, -0.2) is 23.9 Å². The fourth-order valence-electron chi connectivity index (χ4n) is 1.39. The van der Waals surface area contributed by atoms with Crippen LogP contribution in [0.4, 0.5) is 0 Å². The minimum Gasteiger partial charge on any atom is -0.507 e. The number of benzene rings is 1. The Labute approximate surface area is 84.0 Å². The van der Waals surface area contributed by atoms with Gasteiger partial charge in [0.25, 0.3) is 0 Å². The third-order valence-electron chi connectivity index (χ3n) is 2.11. The number of phenolic OH excluding ortho intramolecular Hbond substituents is 1.